The molecule has 0 bridgehead atoms. The summed E-state index contributed by atoms with van der Waals surface area (Å²) in [7, 11) is 0. The molecule has 3 atom stereocenters. The summed E-state index contributed by atoms with van der Waals surface area (Å²) in [4.78, 5) is 39.4. The van der Waals surface area contributed by atoms with Crippen molar-refractivity contribution in [3.8, 4) is 0 Å². The zero-order chi connectivity index (χ0) is 22.5. The van der Waals surface area contributed by atoms with Crippen molar-refractivity contribution >= 4 is 29.2 Å². The first-order chi connectivity index (χ1) is 14.8. The molecule has 1 aliphatic rings. The highest BCUT2D eigenvalue weighted by Gasteiger charge is 2.38. The van der Waals surface area contributed by atoms with Gasteiger partial charge in [0.05, 0.1) is 5.92 Å². The van der Waals surface area contributed by atoms with Crippen LogP contribution < -0.4 is 10.2 Å². The summed E-state index contributed by atoms with van der Waals surface area (Å²) >= 11 is 0. The molecule has 0 saturated carbocycles. The summed E-state index contributed by atoms with van der Waals surface area (Å²) in [5, 5.41) is 2.74. The third-order valence-corrected chi connectivity index (χ3v) is 5.81. The summed E-state index contributed by atoms with van der Waals surface area (Å²) in [6.07, 6.45) is 0.0864. The van der Waals surface area contributed by atoms with Crippen LogP contribution in [0.3, 0.4) is 0 Å². The number of carbonyl (C=O) groups excluding carboxylic acids is 3. The Morgan fingerprint density at radius 3 is 2.48 bits per heavy atom. The van der Waals surface area contributed by atoms with E-state index in [0.717, 1.165) is 23.2 Å². The lowest BCUT2D eigenvalue weighted by Gasteiger charge is -2.23. The number of carbonyl (C=O) groups is 3. The van der Waals surface area contributed by atoms with Crippen LogP contribution in [-0.2, 0) is 19.1 Å². The third-order valence-electron chi connectivity index (χ3n) is 5.81. The van der Waals surface area contributed by atoms with Gasteiger partial charge in [0.15, 0.2) is 6.10 Å². The summed E-state index contributed by atoms with van der Waals surface area (Å²) < 4.78 is 5.39. The van der Waals surface area contributed by atoms with E-state index >= 15 is 0 Å². The molecule has 31 heavy (non-hydrogen) atoms. The smallest absolute Gasteiger partial charge is 0.312 e. The summed E-state index contributed by atoms with van der Waals surface area (Å²) in [6, 6.07) is 15.2. The van der Waals surface area contributed by atoms with Crippen LogP contribution >= 0.6 is 0 Å². The largest absolute Gasteiger partial charge is 0.452 e. The van der Waals surface area contributed by atoms with Crippen LogP contribution in [-0.4, -0.2) is 30.4 Å². The van der Waals surface area contributed by atoms with E-state index in [0.29, 0.717) is 11.6 Å². The molecule has 0 aliphatic carbocycles. The van der Waals surface area contributed by atoms with E-state index in [2.05, 4.69) is 19.2 Å². The molecular weight excluding hydrogens is 392 g/mol. The lowest BCUT2D eigenvalue weighted by Crippen LogP contribution is -2.33. The number of hydrogen-bond acceptors (Lipinski definition) is 4. The van der Waals surface area contributed by atoms with Gasteiger partial charge in [0.2, 0.25) is 5.91 Å². The Hall–Kier alpha value is -3.15. The van der Waals surface area contributed by atoms with Gasteiger partial charge in [-0.2, -0.15) is 0 Å². The molecule has 0 aromatic heterocycles. The molecule has 1 aliphatic heterocycles. The van der Waals surface area contributed by atoms with Gasteiger partial charge in [0, 0.05) is 24.3 Å². The number of aryl methyl sites for hydroxylation is 1. The maximum absolute atomic E-state index is 12.7. The van der Waals surface area contributed by atoms with E-state index in [-0.39, 0.29) is 18.9 Å². The van der Waals surface area contributed by atoms with Crippen molar-refractivity contribution in [3.05, 3.63) is 59.7 Å². The highest BCUT2D eigenvalue weighted by Crippen LogP contribution is 2.33. The Labute approximate surface area is 183 Å². The predicted octanol–water partition coefficient (Wildman–Crippen LogP) is 4.43. The minimum Gasteiger partial charge on any atom is -0.452 e. The van der Waals surface area contributed by atoms with Crippen LogP contribution in [0.25, 0.3) is 0 Å². The number of nitrogens with one attached hydrogen (secondary N) is 1. The third kappa shape index (κ3) is 5.32. The SMILES string of the molecule is CC[C@H](C)c1ccccc1N1C[C@H](C(=O)O[C@@H](C)C(=O)Nc2ccc(C)cc2)CC1=O. The first-order valence-electron chi connectivity index (χ1n) is 10.8. The van der Waals surface area contributed by atoms with E-state index in [1.807, 2.05) is 43.3 Å². The molecule has 3 rings (SSSR count). The minimum atomic E-state index is -0.953. The predicted molar refractivity (Wildman–Crippen MR) is 121 cm³/mol. The van der Waals surface area contributed by atoms with Gasteiger partial charge in [0.25, 0.3) is 5.91 Å². The lowest BCUT2D eigenvalue weighted by atomic mass is 9.96. The van der Waals surface area contributed by atoms with Crippen LogP contribution in [0.1, 0.15) is 50.7 Å². The second-order valence-corrected chi connectivity index (χ2v) is 8.21. The normalized spacial score (nSPS) is 17.9. The molecule has 164 valence electrons. The van der Waals surface area contributed by atoms with Crippen LogP contribution in [0, 0.1) is 12.8 Å². The molecule has 1 N–H and O–H groups in total. The maximum Gasteiger partial charge on any atom is 0.312 e. The topological polar surface area (TPSA) is 75.7 Å². The second kappa shape index (κ2) is 9.77. The van der Waals surface area contributed by atoms with Gasteiger partial charge in [0.1, 0.15) is 0 Å². The minimum absolute atomic E-state index is 0.0833. The number of para-hydroxylation sites is 1. The van der Waals surface area contributed by atoms with Crippen molar-refractivity contribution in [2.75, 3.05) is 16.8 Å². The van der Waals surface area contributed by atoms with E-state index in [4.69, 9.17) is 4.74 Å². The number of benzene rings is 2. The average Bonchev–Trinajstić information content (AvgIpc) is 3.16. The van der Waals surface area contributed by atoms with Crippen molar-refractivity contribution in [2.24, 2.45) is 5.92 Å². The quantitative estimate of drug-likeness (QED) is 0.670. The van der Waals surface area contributed by atoms with Crippen LogP contribution in [0.15, 0.2) is 48.5 Å². The summed E-state index contributed by atoms with van der Waals surface area (Å²) in [6.45, 7) is 7.99. The van der Waals surface area contributed by atoms with Gasteiger partial charge in [-0.3, -0.25) is 14.4 Å². The van der Waals surface area contributed by atoms with Gasteiger partial charge in [-0.25, -0.2) is 0 Å². The van der Waals surface area contributed by atoms with E-state index in [1.165, 1.54) is 6.92 Å². The van der Waals surface area contributed by atoms with E-state index < -0.39 is 23.9 Å². The van der Waals surface area contributed by atoms with E-state index in [9.17, 15) is 14.4 Å². The molecule has 2 amide bonds. The fraction of sp³-hybridized carbons (Fsp3) is 0.400. The molecule has 0 radical (unpaired) electrons. The molecule has 0 spiro atoms. The zero-order valence-corrected chi connectivity index (χ0v) is 18.6. The molecule has 6 heteroatoms. The summed E-state index contributed by atoms with van der Waals surface area (Å²) in [5.41, 5.74) is 3.67. The fourth-order valence-corrected chi connectivity index (χ4v) is 3.67. The van der Waals surface area contributed by atoms with Crippen LogP contribution in [0.2, 0.25) is 0 Å². The van der Waals surface area contributed by atoms with E-state index in [1.54, 1.807) is 17.0 Å². The Morgan fingerprint density at radius 2 is 1.81 bits per heavy atom. The number of amides is 2. The molecule has 1 saturated heterocycles. The zero-order valence-electron chi connectivity index (χ0n) is 18.6. The van der Waals surface area contributed by atoms with Gasteiger partial charge >= 0.3 is 5.97 Å². The molecule has 6 nitrogen and oxygen atoms in total. The molecular formula is C25H30N2O4. The number of hydrogen-bond donors (Lipinski definition) is 1. The number of esters is 1. The highest BCUT2D eigenvalue weighted by molar-refractivity contribution is 6.01. The molecule has 1 heterocycles. The van der Waals surface area contributed by atoms with Crippen molar-refractivity contribution < 1.29 is 19.1 Å². The standard InChI is InChI=1S/C25H30N2O4/c1-5-17(3)21-8-6-7-9-22(21)27-15-19(14-23(27)28)25(30)31-18(4)24(29)26-20-12-10-16(2)11-13-20/h6-13,17-19H,5,14-15H2,1-4H3,(H,26,29)/t17-,18-,19+/m0/s1. The van der Waals surface area contributed by atoms with Crippen molar-refractivity contribution in [1.29, 1.82) is 0 Å². The first kappa shape index (κ1) is 22.5. The van der Waals surface area contributed by atoms with Gasteiger partial charge < -0.3 is 15.0 Å². The molecule has 0 unspecified atom stereocenters. The summed E-state index contributed by atoms with van der Waals surface area (Å²) in [5.74, 6) is -1.31. The van der Waals surface area contributed by atoms with Gasteiger partial charge in [-0.1, -0.05) is 49.7 Å². The first-order valence-corrected chi connectivity index (χ1v) is 10.8. The Bertz CT molecular complexity index is 954. The second-order valence-electron chi connectivity index (χ2n) is 8.21. The molecule has 1 fully saturated rings. The molecule has 2 aromatic rings. The van der Waals surface area contributed by atoms with Crippen LogP contribution in [0.4, 0.5) is 11.4 Å². The number of rotatable bonds is 7. The van der Waals surface area contributed by atoms with Crippen molar-refractivity contribution in [1.82, 2.24) is 0 Å². The highest BCUT2D eigenvalue weighted by atomic mass is 16.5. The van der Waals surface area contributed by atoms with Gasteiger partial charge in [-0.05, 0) is 49.9 Å². The Kier molecular flexibility index (Phi) is 7.10. The van der Waals surface area contributed by atoms with Crippen molar-refractivity contribution in [3.63, 3.8) is 0 Å². The monoisotopic (exact) mass is 422 g/mol. The average molecular weight is 423 g/mol. The lowest BCUT2D eigenvalue weighted by molar-refractivity contribution is -0.157. The van der Waals surface area contributed by atoms with Crippen LogP contribution in [0.5, 0.6) is 0 Å². The molecule has 2 aromatic carbocycles. The number of ether oxygens (including phenoxy) is 1. The Morgan fingerprint density at radius 1 is 1.13 bits per heavy atom. The van der Waals surface area contributed by atoms with Gasteiger partial charge in [-0.15, -0.1) is 0 Å². The maximum atomic E-state index is 12.7. The fourth-order valence-electron chi connectivity index (χ4n) is 3.67. The number of nitrogens with zero attached hydrogens (tertiary/aromatic N) is 1. The van der Waals surface area contributed by atoms with Crippen molar-refractivity contribution in [2.45, 2.75) is 52.6 Å². The Balaban J connectivity index is 1.62. The number of anilines is 2.